The standard InChI is InChI=1S/C27H35N3O4S/c1-6-33-16-14-29(15-17-34-7-2)24-19-21(30(31)32)18-20-12-13-27(35-25(20)24)26(3,4)22-10-8-9-11-23(22)28(27)5/h8-13,18-19H,6-7,14-17H2,1-5H3. The summed E-state index contributed by atoms with van der Waals surface area (Å²) in [4.78, 5) is 16.7. The molecule has 188 valence electrons. The first-order chi connectivity index (χ1) is 16.8. The van der Waals surface area contributed by atoms with Gasteiger partial charge in [0, 0.05) is 61.5 Å². The van der Waals surface area contributed by atoms with Crippen molar-refractivity contribution in [1.82, 2.24) is 0 Å². The number of para-hydroxylation sites is 1. The van der Waals surface area contributed by atoms with Crippen LogP contribution in [0, 0.1) is 10.1 Å². The number of anilines is 2. The zero-order valence-corrected chi connectivity index (χ0v) is 22.1. The van der Waals surface area contributed by atoms with Crippen LogP contribution >= 0.6 is 11.8 Å². The largest absolute Gasteiger partial charge is 0.380 e. The van der Waals surface area contributed by atoms with E-state index in [4.69, 9.17) is 9.47 Å². The van der Waals surface area contributed by atoms with Gasteiger partial charge in [0.25, 0.3) is 5.69 Å². The minimum absolute atomic E-state index is 0.0973. The molecule has 0 saturated carbocycles. The Labute approximate surface area is 212 Å². The van der Waals surface area contributed by atoms with E-state index in [9.17, 15) is 10.1 Å². The molecule has 2 aromatic carbocycles. The van der Waals surface area contributed by atoms with E-state index < -0.39 is 0 Å². The highest BCUT2D eigenvalue weighted by Gasteiger charge is 2.56. The predicted octanol–water partition coefficient (Wildman–Crippen LogP) is 5.72. The zero-order chi connectivity index (χ0) is 25.2. The molecule has 0 bridgehead atoms. The van der Waals surface area contributed by atoms with E-state index in [1.54, 1.807) is 23.9 Å². The van der Waals surface area contributed by atoms with Crippen LogP contribution in [-0.4, -0.2) is 56.4 Å². The predicted molar refractivity (Wildman–Crippen MR) is 144 cm³/mol. The highest BCUT2D eigenvalue weighted by atomic mass is 32.2. The van der Waals surface area contributed by atoms with Gasteiger partial charge in [-0.3, -0.25) is 10.1 Å². The summed E-state index contributed by atoms with van der Waals surface area (Å²) in [5, 5.41) is 11.8. The molecule has 0 aromatic heterocycles. The molecule has 8 heteroatoms. The lowest BCUT2D eigenvalue weighted by atomic mass is 9.79. The van der Waals surface area contributed by atoms with Gasteiger partial charge in [-0.25, -0.2) is 0 Å². The van der Waals surface area contributed by atoms with Crippen molar-refractivity contribution in [3.63, 3.8) is 0 Å². The van der Waals surface area contributed by atoms with Crippen molar-refractivity contribution in [2.75, 3.05) is 56.4 Å². The average Bonchev–Trinajstić information content (AvgIpc) is 3.01. The molecule has 0 amide bonds. The quantitative estimate of drug-likeness (QED) is 0.236. The first-order valence-electron chi connectivity index (χ1n) is 12.2. The zero-order valence-electron chi connectivity index (χ0n) is 21.2. The van der Waals surface area contributed by atoms with Crippen molar-refractivity contribution in [2.24, 2.45) is 0 Å². The molecule has 2 aromatic rings. The summed E-state index contributed by atoms with van der Waals surface area (Å²) in [6.45, 7) is 12.1. The second-order valence-corrected chi connectivity index (χ2v) is 10.6. The number of rotatable bonds is 10. The molecule has 0 radical (unpaired) electrons. The Morgan fingerprint density at radius 2 is 1.74 bits per heavy atom. The number of nitro benzene ring substituents is 1. The normalized spacial score (nSPS) is 19.6. The first kappa shape index (κ1) is 25.5. The number of likely N-dealkylation sites (N-methyl/N-ethyl adjacent to an activating group) is 1. The summed E-state index contributed by atoms with van der Waals surface area (Å²) in [7, 11) is 2.14. The Morgan fingerprint density at radius 1 is 1.09 bits per heavy atom. The summed E-state index contributed by atoms with van der Waals surface area (Å²) < 4.78 is 11.3. The van der Waals surface area contributed by atoms with Crippen molar-refractivity contribution >= 4 is 34.9 Å². The van der Waals surface area contributed by atoms with Crippen molar-refractivity contribution in [3.8, 4) is 0 Å². The van der Waals surface area contributed by atoms with E-state index in [0.717, 1.165) is 16.1 Å². The third-order valence-electron chi connectivity index (χ3n) is 7.13. The Bertz CT molecular complexity index is 1110. The topological polar surface area (TPSA) is 68.1 Å². The van der Waals surface area contributed by atoms with Gasteiger partial charge in [-0.2, -0.15) is 0 Å². The molecule has 2 aliphatic rings. The maximum atomic E-state index is 11.8. The van der Waals surface area contributed by atoms with Crippen LogP contribution in [-0.2, 0) is 14.9 Å². The second kappa shape index (κ2) is 10.2. The fraction of sp³-hybridized carbons (Fsp3) is 0.481. The Kier molecular flexibility index (Phi) is 7.45. The summed E-state index contributed by atoms with van der Waals surface area (Å²) in [6.07, 6.45) is 4.29. The second-order valence-electron chi connectivity index (χ2n) is 9.35. The van der Waals surface area contributed by atoms with E-state index >= 15 is 0 Å². The first-order valence-corrected chi connectivity index (χ1v) is 13.0. The van der Waals surface area contributed by atoms with Crippen LogP contribution in [0.25, 0.3) is 6.08 Å². The molecule has 0 aliphatic carbocycles. The molecule has 1 spiro atoms. The van der Waals surface area contributed by atoms with Crippen LogP contribution in [0.2, 0.25) is 0 Å². The SMILES string of the molecule is CCOCCN(CCOCC)c1cc([N+](=O)[O-])cc2c1SC1(C=C2)N(C)c2ccccc2C1(C)C. The van der Waals surface area contributed by atoms with Crippen molar-refractivity contribution in [1.29, 1.82) is 0 Å². The van der Waals surface area contributed by atoms with Gasteiger partial charge in [0.2, 0.25) is 0 Å². The number of nitro groups is 1. The number of benzene rings is 2. The summed E-state index contributed by atoms with van der Waals surface area (Å²) in [5.74, 6) is 0. The molecule has 4 rings (SSSR count). The Morgan fingerprint density at radius 3 is 2.34 bits per heavy atom. The Hall–Kier alpha value is -2.55. The maximum Gasteiger partial charge on any atom is 0.272 e. The van der Waals surface area contributed by atoms with Gasteiger partial charge in [-0.15, -0.1) is 0 Å². The molecular formula is C27H35N3O4S. The number of fused-ring (bicyclic) bond motifs is 2. The number of thioether (sulfide) groups is 1. The van der Waals surface area contributed by atoms with Gasteiger partial charge in [0.1, 0.15) is 4.87 Å². The smallest absolute Gasteiger partial charge is 0.272 e. The van der Waals surface area contributed by atoms with Gasteiger partial charge in [0.15, 0.2) is 0 Å². The van der Waals surface area contributed by atoms with Gasteiger partial charge < -0.3 is 19.3 Å². The highest BCUT2D eigenvalue weighted by molar-refractivity contribution is 8.01. The molecule has 0 fully saturated rings. The molecule has 7 nitrogen and oxygen atoms in total. The van der Waals surface area contributed by atoms with Crippen LogP contribution in [0.5, 0.6) is 0 Å². The van der Waals surface area contributed by atoms with E-state index in [-0.39, 0.29) is 20.9 Å². The minimum atomic E-state index is -0.361. The fourth-order valence-corrected chi connectivity index (χ4v) is 6.77. The monoisotopic (exact) mass is 497 g/mol. The van der Waals surface area contributed by atoms with Gasteiger partial charge in [-0.05, 0) is 37.1 Å². The molecule has 2 heterocycles. The number of hydrogen-bond donors (Lipinski definition) is 0. The number of ether oxygens (including phenoxy) is 2. The molecule has 0 N–H and O–H groups in total. The highest BCUT2D eigenvalue weighted by Crippen LogP contribution is 2.61. The molecule has 35 heavy (non-hydrogen) atoms. The molecule has 2 aliphatic heterocycles. The Balaban J connectivity index is 1.81. The molecular weight excluding hydrogens is 462 g/mol. The van der Waals surface area contributed by atoms with Crippen molar-refractivity contribution < 1.29 is 14.4 Å². The molecule has 1 unspecified atom stereocenters. The number of hydrogen-bond acceptors (Lipinski definition) is 7. The fourth-order valence-electron chi connectivity index (χ4n) is 5.18. The van der Waals surface area contributed by atoms with Crippen LogP contribution in [0.4, 0.5) is 17.1 Å². The summed E-state index contributed by atoms with van der Waals surface area (Å²) >= 11 is 1.79. The lowest BCUT2D eigenvalue weighted by molar-refractivity contribution is -0.384. The van der Waals surface area contributed by atoms with Crippen molar-refractivity contribution in [2.45, 2.75) is 42.9 Å². The summed E-state index contributed by atoms with van der Waals surface area (Å²) in [5.41, 5.74) is 4.17. The number of nitrogens with zero attached hydrogens (tertiary/aromatic N) is 3. The molecule has 1 atom stereocenters. The van der Waals surface area contributed by atoms with Crippen LogP contribution in [0.1, 0.15) is 38.8 Å². The van der Waals surface area contributed by atoms with Crippen molar-refractivity contribution in [3.05, 3.63) is 63.7 Å². The van der Waals surface area contributed by atoms with E-state index in [1.807, 2.05) is 13.8 Å². The lowest BCUT2D eigenvalue weighted by Crippen LogP contribution is -2.50. The van der Waals surface area contributed by atoms with Gasteiger partial charge in [0.05, 0.1) is 23.8 Å². The van der Waals surface area contributed by atoms with E-state index in [1.165, 1.54) is 11.3 Å². The van der Waals surface area contributed by atoms with E-state index in [2.05, 4.69) is 67.1 Å². The lowest BCUT2D eigenvalue weighted by Gasteiger charge is -2.46. The molecule has 0 saturated heterocycles. The van der Waals surface area contributed by atoms with Crippen LogP contribution in [0.3, 0.4) is 0 Å². The average molecular weight is 498 g/mol. The summed E-state index contributed by atoms with van der Waals surface area (Å²) in [6, 6.07) is 11.9. The van der Waals surface area contributed by atoms with Gasteiger partial charge >= 0.3 is 0 Å². The van der Waals surface area contributed by atoms with E-state index in [0.29, 0.717) is 39.5 Å². The van der Waals surface area contributed by atoms with Crippen LogP contribution < -0.4 is 9.80 Å². The minimum Gasteiger partial charge on any atom is -0.380 e. The maximum absolute atomic E-state index is 11.8. The van der Waals surface area contributed by atoms with Crippen LogP contribution in [0.15, 0.2) is 47.4 Å². The number of non-ortho nitro benzene ring substituents is 1. The third kappa shape index (κ3) is 4.43. The third-order valence-corrected chi connectivity index (χ3v) is 9.01. The van der Waals surface area contributed by atoms with Gasteiger partial charge in [-0.1, -0.05) is 49.9 Å².